The van der Waals surface area contributed by atoms with Crippen LogP contribution in [0, 0.1) is 0 Å². The first kappa shape index (κ1) is 14.6. The van der Waals surface area contributed by atoms with Crippen LogP contribution in [0.2, 0.25) is 0 Å². The Morgan fingerprint density at radius 3 is 2.19 bits per heavy atom. The van der Waals surface area contributed by atoms with Gasteiger partial charge >= 0.3 is 5.97 Å². The number of rotatable bonds is 8. The molecule has 0 rings (SSSR count). The molecule has 1 unspecified atom stereocenters. The molecule has 0 N–H and O–H groups in total. The molecule has 0 aliphatic carbocycles. The lowest BCUT2D eigenvalue weighted by molar-refractivity contribution is -0.153. The molecule has 0 heterocycles. The van der Waals surface area contributed by atoms with E-state index in [9.17, 15) is 4.79 Å². The lowest BCUT2D eigenvalue weighted by Crippen LogP contribution is -2.38. The number of hydrogen-bond donors (Lipinski definition) is 0. The van der Waals surface area contributed by atoms with Gasteiger partial charge < -0.3 is 4.74 Å². The van der Waals surface area contributed by atoms with Crippen LogP contribution in [-0.2, 0) is 9.53 Å². The Bertz CT molecular complexity index is 261. The smallest absolute Gasteiger partial charge is 0.334 e. The van der Waals surface area contributed by atoms with Crippen LogP contribution in [0.15, 0.2) is 37.5 Å². The van der Waals surface area contributed by atoms with Crippen molar-refractivity contribution in [1.82, 2.24) is 4.90 Å². The molecule has 0 aromatic rings. The van der Waals surface area contributed by atoms with Crippen LogP contribution >= 0.6 is 0 Å². The molecule has 1 atom stereocenters. The summed E-state index contributed by atoms with van der Waals surface area (Å²) in [6.07, 6.45) is 4.03. The van der Waals surface area contributed by atoms with E-state index in [0.29, 0.717) is 18.7 Å². The fourth-order valence-corrected chi connectivity index (χ4v) is 1.28. The minimum atomic E-state index is -0.357. The van der Waals surface area contributed by atoms with Gasteiger partial charge in [-0.05, 0) is 13.3 Å². The number of nitrogens with zero attached hydrogens (tertiary/aromatic N) is 1. The molecule has 90 valence electrons. The first-order valence-electron chi connectivity index (χ1n) is 5.39. The second-order valence-electron chi connectivity index (χ2n) is 3.58. The fraction of sp³-hybridized carbons (Fsp3) is 0.462. The van der Waals surface area contributed by atoms with Gasteiger partial charge in [-0.15, -0.1) is 13.2 Å². The maximum absolute atomic E-state index is 11.4. The van der Waals surface area contributed by atoms with E-state index in [2.05, 4.69) is 19.7 Å². The van der Waals surface area contributed by atoms with Gasteiger partial charge in [-0.3, -0.25) is 4.90 Å². The zero-order chi connectivity index (χ0) is 12.6. The Kier molecular flexibility index (Phi) is 7.21. The number of hydrogen-bond acceptors (Lipinski definition) is 3. The van der Waals surface area contributed by atoms with Crippen molar-refractivity contribution in [3.8, 4) is 0 Å². The summed E-state index contributed by atoms with van der Waals surface area (Å²) >= 11 is 0. The van der Waals surface area contributed by atoms with Crippen molar-refractivity contribution in [3.63, 3.8) is 0 Å². The molecule has 0 radical (unpaired) electrons. The van der Waals surface area contributed by atoms with Crippen molar-refractivity contribution in [2.75, 3.05) is 13.1 Å². The van der Waals surface area contributed by atoms with E-state index >= 15 is 0 Å². The summed E-state index contributed by atoms with van der Waals surface area (Å²) in [5, 5.41) is 0. The average Bonchev–Trinajstić information content (AvgIpc) is 2.25. The molecular weight excluding hydrogens is 202 g/mol. The van der Waals surface area contributed by atoms with Gasteiger partial charge in [0.05, 0.1) is 0 Å². The van der Waals surface area contributed by atoms with Crippen LogP contribution in [0.25, 0.3) is 0 Å². The van der Waals surface area contributed by atoms with Crippen molar-refractivity contribution >= 4 is 5.97 Å². The molecule has 0 fully saturated rings. The quantitative estimate of drug-likeness (QED) is 0.274. The second-order valence-corrected chi connectivity index (χ2v) is 3.58. The van der Waals surface area contributed by atoms with Crippen LogP contribution in [-0.4, -0.2) is 30.2 Å². The average molecular weight is 223 g/mol. The van der Waals surface area contributed by atoms with Gasteiger partial charge in [0.1, 0.15) is 0 Å². The minimum Gasteiger partial charge on any atom is -0.443 e. The van der Waals surface area contributed by atoms with Crippen molar-refractivity contribution in [2.24, 2.45) is 0 Å². The third-order valence-electron chi connectivity index (χ3n) is 2.08. The highest BCUT2D eigenvalue weighted by Crippen LogP contribution is 2.08. The van der Waals surface area contributed by atoms with Gasteiger partial charge in [-0.1, -0.05) is 25.7 Å². The van der Waals surface area contributed by atoms with E-state index in [-0.39, 0.29) is 12.2 Å². The van der Waals surface area contributed by atoms with Crippen LogP contribution in [0.4, 0.5) is 0 Å². The second kappa shape index (κ2) is 7.88. The van der Waals surface area contributed by atoms with E-state index < -0.39 is 0 Å². The van der Waals surface area contributed by atoms with E-state index in [4.69, 9.17) is 4.74 Å². The first-order valence-corrected chi connectivity index (χ1v) is 5.39. The standard InChI is InChI=1S/C13H21NO2/c1-6-9-14(10-7-2)12(8-3)16-13(15)11(4)5/h6-7,12H,1-2,4,8-10H2,3,5H3. The summed E-state index contributed by atoms with van der Waals surface area (Å²) in [5.74, 6) is -0.357. The molecule has 0 spiro atoms. The molecule has 0 aliphatic heterocycles. The molecule has 0 aliphatic rings. The zero-order valence-corrected chi connectivity index (χ0v) is 10.2. The summed E-state index contributed by atoms with van der Waals surface area (Å²) in [7, 11) is 0. The van der Waals surface area contributed by atoms with E-state index in [1.807, 2.05) is 11.8 Å². The fourth-order valence-electron chi connectivity index (χ4n) is 1.28. The maximum atomic E-state index is 11.4. The third-order valence-corrected chi connectivity index (χ3v) is 2.08. The monoisotopic (exact) mass is 223 g/mol. The Balaban J connectivity index is 4.52. The SMILES string of the molecule is C=CCN(CC=C)C(CC)OC(=O)C(=C)C. The Morgan fingerprint density at radius 2 is 1.88 bits per heavy atom. The molecule has 0 aromatic carbocycles. The zero-order valence-electron chi connectivity index (χ0n) is 10.2. The molecule has 3 heteroatoms. The predicted molar refractivity (Wildman–Crippen MR) is 67.0 cm³/mol. The number of carbonyl (C=O) groups excluding carboxylic acids is 1. The summed E-state index contributed by atoms with van der Waals surface area (Å²) in [6.45, 7) is 15.8. The highest BCUT2D eigenvalue weighted by atomic mass is 16.6. The number of carbonyl (C=O) groups is 1. The van der Waals surface area contributed by atoms with Crippen LogP contribution in [0.3, 0.4) is 0 Å². The Labute approximate surface area is 98.1 Å². The largest absolute Gasteiger partial charge is 0.443 e. The van der Waals surface area contributed by atoms with Gasteiger partial charge in [0.25, 0.3) is 0 Å². The molecule has 0 saturated carbocycles. The molecule has 3 nitrogen and oxygen atoms in total. The molecule has 0 bridgehead atoms. The predicted octanol–water partition coefficient (Wildman–Crippen LogP) is 2.52. The van der Waals surface area contributed by atoms with Crippen LogP contribution in [0.5, 0.6) is 0 Å². The number of ether oxygens (including phenoxy) is 1. The highest BCUT2D eigenvalue weighted by molar-refractivity contribution is 5.87. The van der Waals surface area contributed by atoms with Gasteiger partial charge in [-0.2, -0.15) is 0 Å². The summed E-state index contributed by atoms with van der Waals surface area (Å²) in [5.41, 5.74) is 0.413. The summed E-state index contributed by atoms with van der Waals surface area (Å²) in [6, 6.07) is 0. The van der Waals surface area contributed by atoms with E-state index in [1.165, 1.54) is 0 Å². The molecule has 0 aromatic heterocycles. The Morgan fingerprint density at radius 1 is 1.38 bits per heavy atom. The molecule has 0 saturated heterocycles. The van der Waals surface area contributed by atoms with Gasteiger partial charge in [0, 0.05) is 18.7 Å². The third kappa shape index (κ3) is 4.94. The number of esters is 1. The molecular formula is C13H21NO2. The van der Waals surface area contributed by atoms with Crippen molar-refractivity contribution < 1.29 is 9.53 Å². The normalized spacial score (nSPS) is 11.9. The van der Waals surface area contributed by atoms with Crippen molar-refractivity contribution in [3.05, 3.63) is 37.5 Å². The molecule has 16 heavy (non-hydrogen) atoms. The summed E-state index contributed by atoms with van der Waals surface area (Å²) < 4.78 is 5.32. The van der Waals surface area contributed by atoms with Gasteiger partial charge in [-0.25, -0.2) is 4.79 Å². The van der Waals surface area contributed by atoms with Crippen LogP contribution < -0.4 is 0 Å². The van der Waals surface area contributed by atoms with Crippen molar-refractivity contribution in [1.29, 1.82) is 0 Å². The first-order chi connectivity index (χ1) is 7.56. The highest BCUT2D eigenvalue weighted by Gasteiger charge is 2.18. The topological polar surface area (TPSA) is 29.5 Å². The van der Waals surface area contributed by atoms with Gasteiger partial charge in [0.15, 0.2) is 6.23 Å². The lowest BCUT2D eigenvalue weighted by atomic mass is 10.3. The van der Waals surface area contributed by atoms with E-state index in [1.54, 1.807) is 19.1 Å². The Hall–Kier alpha value is -1.35. The van der Waals surface area contributed by atoms with Crippen molar-refractivity contribution in [2.45, 2.75) is 26.5 Å². The minimum absolute atomic E-state index is 0.250. The van der Waals surface area contributed by atoms with Crippen LogP contribution in [0.1, 0.15) is 20.3 Å². The maximum Gasteiger partial charge on any atom is 0.334 e. The molecule has 0 amide bonds. The summed E-state index contributed by atoms with van der Waals surface area (Å²) in [4.78, 5) is 13.4. The van der Waals surface area contributed by atoms with E-state index in [0.717, 1.165) is 6.42 Å². The lowest BCUT2D eigenvalue weighted by Gasteiger charge is -2.28. The van der Waals surface area contributed by atoms with Gasteiger partial charge in [0.2, 0.25) is 0 Å².